The van der Waals surface area contributed by atoms with Crippen molar-refractivity contribution in [3.63, 3.8) is 0 Å². The SMILES string of the molecule is CCCOc1ccc(C(=O)Nc2cc(OC)cc(OC)c2)cc1OCCC. The van der Waals surface area contributed by atoms with Gasteiger partial charge in [0.1, 0.15) is 11.5 Å². The molecule has 0 saturated heterocycles. The smallest absolute Gasteiger partial charge is 0.255 e. The van der Waals surface area contributed by atoms with Crippen LogP contribution in [0.3, 0.4) is 0 Å². The Balaban J connectivity index is 2.22. The first-order valence-corrected chi connectivity index (χ1v) is 9.05. The van der Waals surface area contributed by atoms with Crippen molar-refractivity contribution in [2.45, 2.75) is 26.7 Å². The van der Waals surface area contributed by atoms with Crippen LogP contribution in [0, 0.1) is 0 Å². The van der Waals surface area contributed by atoms with E-state index >= 15 is 0 Å². The predicted octanol–water partition coefficient (Wildman–Crippen LogP) is 4.53. The molecule has 1 amide bonds. The van der Waals surface area contributed by atoms with Crippen LogP contribution in [0.15, 0.2) is 36.4 Å². The lowest BCUT2D eigenvalue weighted by Gasteiger charge is -2.14. The number of amides is 1. The molecule has 0 unspecified atom stereocenters. The lowest BCUT2D eigenvalue weighted by Crippen LogP contribution is -2.13. The summed E-state index contributed by atoms with van der Waals surface area (Å²) < 4.78 is 21.9. The summed E-state index contributed by atoms with van der Waals surface area (Å²) in [7, 11) is 3.12. The van der Waals surface area contributed by atoms with Crippen LogP contribution in [0.2, 0.25) is 0 Å². The average molecular weight is 373 g/mol. The molecule has 0 aliphatic rings. The molecule has 0 aliphatic carbocycles. The van der Waals surface area contributed by atoms with E-state index in [1.807, 2.05) is 13.8 Å². The van der Waals surface area contributed by atoms with E-state index < -0.39 is 0 Å². The van der Waals surface area contributed by atoms with Crippen molar-refractivity contribution in [3.05, 3.63) is 42.0 Å². The van der Waals surface area contributed by atoms with E-state index in [1.54, 1.807) is 50.6 Å². The molecule has 0 saturated carbocycles. The van der Waals surface area contributed by atoms with Crippen molar-refractivity contribution in [1.82, 2.24) is 0 Å². The third kappa shape index (κ3) is 5.81. The first-order chi connectivity index (χ1) is 13.1. The Morgan fingerprint density at radius 3 is 2.00 bits per heavy atom. The average Bonchev–Trinajstić information content (AvgIpc) is 2.70. The maximum atomic E-state index is 12.7. The number of anilines is 1. The lowest BCUT2D eigenvalue weighted by molar-refractivity contribution is 0.102. The molecule has 6 heteroatoms. The zero-order valence-electron chi connectivity index (χ0n) is 16.3. The Morgan fingerprint density at radius 1 is 0.852 bits per heavy atom. The zero-order valence-corrected chi connectivity index (χ0v) is 16.3. The molecule has 1 N–H and O–H groups in total. The highest BCUT2D eigenvalue weighted by Crippen LogP contribution is 2.30. The molecule has 0 aliphatic heterocycles. The minimum absolute atomic E-state index is 0.256. The van der Waals surface area contributed by atoms with Crippen LogP contribution in [0.25, 0.3) is 0 Å². The van der Waals surface area contributed by atoms with Gasteiger partial charge in [0.2, 0.25) is 0 Å². The topological polar surface area (TPSA) is 66.0 Å². The minimum Gasteiger partial charge on any atom is -0.497 e. The molecule has 2 aromatic carbocycles. The predicted molar refractivity (Wildman–Crippen MR) is 106 cm³/mol. The van der Waals surface area contributed by atoms with E-state index in [0.717, 1.165) is 12.8 Å². The van der Waals surface area contributed by atoms with Gasteiger partial charge in [-0.1, -0.05) is 13.8 Å². The molecule has 0 heterocycles. The fourth-order valence-electron chi connectivity index (χ4n) is 2.39. The highest BCUT2D eigenvalue weighted by molar-refractivity contribution is 6.04. The first kappa shape index (κ1) is 20.4. The molecule has 0 radical (unpaired) electrons. The normalized spacial score (nSPS) is 10.2. The Kier molecular flexibility index (Phi) is 7.79. The molecule has 0 spiro atoms. The van der Waals surface area contributed by atoms with Gasteiger partial charge in [0.15, 0.2) is 11.5 Å². The van der Waals surface area contributed by atoms with Gasteiger partial charge >= 0.3 is 0 Å². The van der Waals surface area contributed by atoms with Crippen molar-refractivity contribution in [1.29, 1.82) is 0 Å². The Hall–Kier alpha value is -2.89. The number of benzene rings is 2. The van der Waals surface area contributed by atoms with E-state index in [-0.39, 0.29) is 5.91 Å². The Morgan fingerprint density at radius 2 is 1.44 bits per heavy atom. The lowest BCUT2D eigenvalue weighted by atomic mass is 10.1. The van der Waals surface area contributed by atoms with Gasteiger partial charge in [-0.25, -0.2) is 0 Å². The zero-order chi connectivity index (χ0) is 19.6. The van der Waals surface area contributed by atoms with E-state index in [1.165, 1.54) is 0 Å². The summed E-state index contributed by atoms with van der Waals surface area (Å²) in [6.45, 7) is 5.22. The summed E-state index contributed by atoms with van der Waals surface area (Å²) in [6.07, 6.45) is 1.76. The summed E-state index contributed by atoms with van der Waals surface area (Å²) >= 11 is 0. The van der Waals surface area contributed by atoms with Crippen LogP contribution in [0.5, 0.6) is 23.0 Å². The summed E-state index contributed by atoms with van der Waals surface area (Å²) in [5, 5.41) is 2.86. The van der Waals surface area contributed by atoms with Gasteiger partial charge in [-0.15, -0.1) is 0 Å². The van der Waals surface area contributed by atoms with Gasteiger partial charge in [-0.3, -0.25) is 4.79 Å². The third-order valence-corrected chi connectivity index (χ3v) is 3.74. The van der Waals surface area contributed by atoms with Crippen LogP contribution in [-0.2, 0) is 0 Å². The second-order valence-corrected chi connectivity index (χ2v) is 5.91. The van der Waals surface area contributed by atoms with Gasteiger partial charge in [-0.2, -0.15) is 0 Å². The van der Waals surface area contributed by atoms with Crippen LogP contribution >= 0.6 is 0 Å². The quantitative estimate of drug-likeness (QED) is 0.663. The second-order valence-electron chi connectivity index (χ2n) is 5.91. The number of hydrogen-bond donors (Lipinski definition) is 1. The summed E-state index contributed by atoms with van der Waals surface area (Å²) in [4.78, 5) is 12.7. The molecule has 2 aromatic rings. The van der Waals surface area contributed by atoms with E-state index in [4.69, 9.17) is 18.9 Å². The van der Waals surface area contributed by atoms with Crippen molar-refractivity contribution < 1.29 is 23.7 Å². The summed E-state index contributed by atoms with van der Waals surface area (Å²) in [6, 6.07) is 10.4. The summed E-state index contributed by atoms with van der Waals surface area (Å²) in [5.41, 5.74) is 1.06. The largest absolute Gasteiger partial charge is 0.497 e. The number of carbonyl (C=O) groups excluding carboxylic acids is 1. The Labute approximate surface area is 160 Å². The highest BCUT2D eigenvalue weighted by Gasteiger charge is 2.13. The van der Waals surface area contributed by atoms with Gasteiger partial charge in [0, 0.05) is 29.4 Å². The molecule has 0 fully saturated rings. The molecule has 27 heavy (non-hydrogen) atoms. The highest BCUT2D eigenvalue weighted by atomic mass is 16.5. The van der Waals surface area contributed by atoms with Crippen LogP contribution < -0.4 is 24.3 Å². The molecular weight excluding hydrogens is 346 g/mol. The maximum Gasteiger partial charge on any atom is 0.255 e. The van der Waals surface area contributed by atoms with Gasteiger partial charge < -0.3 is 24.3 Å². The standard InChI is InChI=1S/C21H27NO5/c1-5-9-26-19-8-7-15(11-20(19)27-10-6-2)21(23)22-16-12-17(24-3)14-18(13-16)25-4/h7-8,11-14H,5-6,9-10H2,1-4H3,(H,22,23). The molecule has 0 atom stereocenters. The maximum absolute atomic E-state index is 12.7. The van der Waals surface area contributed by atoms with Crippen molar-refractivity contribution in [2.75, 3.05) is 32.8 Å². The Bertz CT molecular complexity index is 738. The molecule has 2 rings (SSSR count). The molecule has 0 aromatic heterocycles. The van der Waals surface area contributed by atoms with E-state index in [9.17, 15) is 4.79 Å². The molecule has 0 bridgehead atoms. The number of ether oxygens (including phenoxy) is 4. The van der Waals surface area contributed by atoms with Crippen molar-refractivity contribution in [2.24, 2.45) is 0 Å². The number of hydrogen-bond acceptors (Lipinski definition) is 5. The number of carbonyl (C=O) groups is 1. The first-order valence-electron chi connectivity index (χ1n) is 9.05. The van der Waals surface area contributed by atoms with Gasteiger partial charge in [-0.05, 0) is 31.0 Å². The number of methoxy groups -OCH3 is 2. The minimum atomic E-state index is -0.256. The fourth-order valence-corrected chi connectivity index (χ4v) is 2.39. The monoisotopic (exact) mass is 373 g/mol. The summed E-state index contributed by atoms with van der Waals surface area (Å²) in [5.74, 6) is 2.15. The number of nitrogens with one attached hydrogen (secondary N) is 1. The van der Waals surface area contributed by atoms with E-state index in [0.29, 0.717) is 47.5 Å². The van der Waals surface area contributed by atoms with Gasteiger partial charge in [0.05, 0.1) is 27.4 Å². The number of rotatable bonds is 10. The second kappa shape index (κ2) is 10.3. The van der Waals surface area contributed by atoms with Crippen LogP contribution in [-0.4, -0.2) is 33.3 Å². The fraction of sp³-hybridized carbons (Fsp3) is 0.381. The molecule has 6 nitrogen and oxygen atoms in total. The van der Waals surface area contributed by atoms with Gasteiger partial charge in [0.25, 0.3) is 5.91 Å². The molecular formula is C21H27NO5. The van der Waals surface area contributed by atoms with Crippen molar-refractivity contribution >= 4 is 11.6 Å². The van der Waals surface area contributed by atoms with Crippen molar-refractivity contribution in [3.8, 4) is 23.0 Å². The van der Waals surface area contributed by atoms with Crippen LogP contribution in [0.4, 0.5) is 5.69 Å². The van der Waals surface area contributed by atoms with Crippen LogP contribution in [0.1, 0.15) is 37.0 Å². The third-order valence-electron chi connectivity index (χ3n) is 3.74. The molecule has 146 valence electrons. The van der Waals surface area contributed by atoms with E-state index in [2.05, 4.69) is 5.32 Å².